The summed E-state index contributed by atoms with van der Waals surface area (Å²) in [5.41, 5.74) is 7.01. The van der Waals surface area contributed by atoms with Crippen LogP contribution in [0.5, 0.6) is 0 Å². The van der Waals surface area contributed by atoms with Gasteiger partial charge in [-0.15, -0.1) is 0 Å². The average Bonchev–Trinajstić information content (AvgIpc) is 3.48. The van der Waals surface area contributed by atoms with E-state index < -0.39 is 9.84 Å². The molecule has 0 radical (unpaired) electrons. The summed E-state index contributed by atoms with van der Waals surface area (Å²) in [6, 6.07) is 4.70. The van der Waals surface area contributed by atoms with Crippen molar-refractivity contribution in [1.82, 2.24) is 24.9 Å². The van der Waals surface area contributed by atoms with Crippen LogP contribution in [-0.2, 0) is 16.9 Å². The lowest BCUT2D eigenvalue weighted by molar-refractivity contribution is 0.232. The molecule has 2 saturated heterocycles. The fourth-order valence-electron chi connectivity index (χ4n) is 6.01. The van der Waals surface area contributed by atoms with Gasteiger partial charge in [0.15, 0.2) is 9.84 Å². The molecule has 1 N–H and O–H groups in total. The number of likely N-dealkylation sites (tertiary alicyclic amines) is 1. The normalized spacial score (nSPS) is 27.7. The molecule has 3 aromatic rings. The van der Waals surface area contributed by atoms with Crippen LogP contribution in [0.15, 0.2) is 30.6 Å². The molecule has 1 aromatic carbocycles. The molecule has 4 heterocycles. The van der Waals surface area contributed by atoms with Gasteiger partial charge in [-0.25, -0.2) is 8.42 Å². The van der Waals surface area contributed by atoms with Crippen LogP contribution in [0, 0.1) is 18.8 Å². The minimum atomic E-state index is -2.87. The first-order chi connectivity index (χ1) is 15.4. The molecule has 2 aromatic heterocycles. The maximum absolute atomic E-state index is 12.1. The van der Waals surface area contributed by atoms with Crippen molar-refractivity contribution >= 4 is 26.3 Å². The van der Waals surface area contributed by atoms with Gasteiger partial charge in [0.1, 0.15) is 5.69 Å². The molecule has 0 amide bonds. The fourth-order valence-corrected chi connectivity index (χ4v) is 7.75. The zero-order chi connectivity index (χ0) is 22.0. The third-order valence-electron chi connectivity index (χ3n) is 7.60. The third-order valence-corrected chi connectivity index (χ3v) is 9.41. The lowest BCUT2D eigenvalue weighted by atomic mass is 9.94. The molecule has 3 atom stereocenters. The molecule has 7 nitrogen and oxygen atoms in total. The number of sulfone groups is 1. The molecule has 1 unspecified atom stereocenters. The highest BCUT2D eigenvalue weighted by Crippen LogP contribution is 2.44. The van der Waals surface area contributed by atoms with Gasteiger partial charge in [0.2, 0.25) is 0 Å². The van der Waals surface area contributed by atoms with Crippen molar-refractivity contribution in [1.29, 1.82) is 0 Å². The van der Waals surface area contributed by atoms with Crippen molar-refractivity contribution in [3.8, 4) is 11.3 Å². The van der Waals surface area contributed by atoms with Gasteiger partial charge in [0, 0.05) is 43.3 Å². The van der Waals surface area contributed by atoms with Crippen molar-refractivity contribution in [2.75, 3.05) is 24.6 Å². The van der Waals surface area contributed by atoms with Gasteiger partial charge >= 0.3 is 0 Å². The Morgan fingerprint density at radius 2 is 2.09 bits per heavy atom. The number of rotatable bonds is 3. The van der Waals surface area contributed by atoms with Crippen LogP contribution in [0.3, 0.4) is 0 Å². The Kier molecular flexibility index (Phi) is 4.59. The number of nitrogens with zero attached hydrogens (tertiary/aromatic N) is 4. The minimum absolute atomic E-state index is 0.210. The summed E-state index contributed by atoms with van der Waals surface area (Å²) in [4.78, 5) is 2.45. The molecule has 2 fully saturated rings. The molecule has 2 aliphatic heterocycles. The average molecular weight is 452 g/mol. The Balaban J connectivity index is 1.27. The molecule has 168 valence electrons. The number of benzene rings is 1. The molecule has 0 spiro atoms. The van der Waals surface area contributed by atoms with E-state index in [9.17, 15) is 8.42 Å². The second-order valence-electron chi connectivity index (χ2n) is 9.87. The quantitative estimate of drug-likeness (QED) is 0.661. The van der Waals surface area contributed by atoms with E-state index >= 15 is 0 Å². The standard InChI is InChI=1S/C24H29N5O2S/c1-15-6-23-22(24(27-26-23)19-10-25-28(2)11-19)9-21(15)16-7-17-12-29(13-18(17)8-16)20-4-3-5-32(30,31)14-20/h6-7,9-11,17-18,20H,3-5,8,12-14H2,1-2H3,(H,26,27)/t17-,18+,20?/m1/s1. The van der Waals surface area contributed by atoms with E-state index in [1.807, 2.05) is 19.4 Å². The lowest BCUT2D eigenvalue weighted by Crippen LogP contribution is -2.42. The molecular weight excluding hydrogens is 422 g/mol. The highest BCUT2D eigenvalue weighted by molar-refractivity contribution is 7.91. The van der Waals surface area contributed by atoms with Crippen LogP contribution in [0.1, 0.15) is 30.4 Å². The molecule has 0 saturated carbocycles. The van der Waals surface area contributed by atoms with Crippen molar-refractivity contribution < 1.29 is 8.42 Å². The monoisotopic (exact) mass is 451 g/mol. The van der Waals surface area contributed by atoms with Crippen LogP contribution < -0.4 is 0 Å². The van der Waals surface area contributed by atoms with E-state index in [1.54, 1.807) is 4.68 Å². The maximum Gasteiger partial charge on any atom is 0.151 e. The number of aryl methyl sites for hydroxylation is 2. The Morgan fingerprint density at radius 3 is 2.84 bits per heavy atom. The van der Waals surface area contributed by atoms with Crippen molar-refractivity contribution in [3.63, 3.8) is 0 Å². The summed E-state index contributed by atoms with van der Waals surface area (Å²) in [5, 5.41) is 13.2. The summed E-state index contributed by atoms with van der Waals surface area (Å²) < 4.78 is 26.0. The van der Waals surface area contributed by atoms with E-state index in [0.29, 0.717) is 23.3 Å². The van der Waals surface area contributed by atoms with Crippen LogP contribution in [0.4, 0.5) is 0 Å². The molecule has 3 aliphatic rings. The molecular formula is C24H29N5O2S. The van der Waals surface area contributed by atoms with E-state index in [-0.39, 0.29) is 6.04 Å². The Morgan fingerprint density at radius 1 is 1.22 bits per heavy atom. The third kappa shape index (κ3) is 3.40. The van der Waals surface area contributed by atoms with Gasteiger partial charge in [-0.2, -0.15) is 10.2 Å². The number of H-pyrrole nitrogens is 1. The Labute approximate surface area is 188 Å². The van der Waals surface area contributed by atoms with Gasteiger partial charge in [-0.05, 0) is 66.9 Å². The molecule has 6 rings (SSSR count). The number of hydrogen-bond acceptors (Lipinski definition) is 5. The number of fused-ring (bicyclic) bond motifs is 2. The van der Waals surface area contributed by atoms with Gasteiger partial charge < -0.3 is 0 Å². The number of allylic oxidation sites excluding steroid dienone is 1. The molecule has 0 bridgehead atoms. The predicted molar refractivity (Wildman–Crippen MR) is 126 cm³/mol. The largest absolute Gasteiger partial charge is 0.298 e. The first kappa shape index (κ1) is 20.2. The van der Waals surface area contributed by atoms with Crippen molar-refractivity contribution in [2.24, 2.45) is 18.9 Å². The fraction of sp³-hybridized carbons (Fsp3) is 0.500. The number of hydrogen-bond donors (Lipinski definition) is 1. The summed E-state index contributed by atoms with van der Waals surface area (Å²) in [7, 11) is -0.946. The highest BCUT2D eigenvalue weighted by Gasteiger charge is 2.41. The molecule has 32 heavy (non-hydrogen) atoms. The van der Waals surface area contributed by atoms with Crippen LogP contribution in [0.25, 0.3) is 27.7 Å². The predicted octanol–water partition coefficient (Wildman–Crippen LogP) is 3.18. The van der Waals surface area contributed by atoms with E-state index in [1.165, 1.54) is 16.7 Å². The van der Waals surface area contributed by atoms with E-state index in [0.717, 1.165) is 54.5 Å². The van der Waals surface area contributed by atoms with E-state index in [2.05, 4.69) is 45.3 Å². The number of nitrogens with one attached hydrogen (secondary N) is 1. The second-order valence-corrected chi connectivity index (χ2v) is 12.1. The van der Waals surface area contributed by atoms with Crippen LogP contribution in [-0.4, -0.2) is 63.9 Å². The van der Waals surface area contributed by atoms with Crippen LogP contribution >= 0.6 is 0 Å². The summed E-state index contributed by atoms with van der Waals surface area (Å²) in [6.07, 6.45) is 9.20. The van der Waals surface area contributed by atoms with Crippen molar-refractivity contribution in [3.05, 3.63) is 41.7 Å². The van der Waals surface area contributed by atoms with Crippen molar-refractivity contribution in [2.45, 2.75) is 32.2 Å². The Hall–Kier alpha value is -2.45. The first-order valence-electron chi connectivity index (χ1n) is 11.5. The van der Waals surface area contributed by atoms with Gasteiger partial charge in [-0.1, -0.05) is 6.08 Å². The van der Waals surface area contributed by atoms with Gasteiger partial charge in [0.05, 0.1) is 23.2 Å². The Bertz CT molecular complexity index is 1340. The summed E-state index contributed by atoms with van der Waals surface area (Å²) in [5.74, 6) is 1.82. The number of aromatic amines is 1. The highest BCUT2D eigenvalue weighted by atomic mass is 32.2. The molecule has 8 heteroatoms. The van der Waals surface area contributed by atoms with Gasteiger partial charge in [0.25, 0.3) is 0 Å². The zero-order valence-electron chi connectivity index (χ0n) is 18.6. The van der Waals surface area contributed by atoms with Gasteiger partial charge in [-0.3, -0.25) is 14.7 Å². The summed E-state index contributed by atoms with van der Waals surface area (Å²) >= 11 is 0. The second kappa shape index (κ2) is 7.28. The maximum atomic E-state index is 12.1. The topological polar surface area (TPSA) is 83.9 Å². The van der Waals surface area contributed by atoms with E-state index in [4.69, 9.17) is 0 Å². The SMILES string of the molecule is Cc1cc2[nH]nc(-c3cnn(C)c3)c2cc1C1=C[C@@H]2CN(C3CCCS(=O)(=O)C3)C[C@@H]2C1. The van der Waals surface area contributed by atoms with Crippen LogP contribution in [0.2, 0.25) is 0 Å². The number of aromatic nitrogens is 4. The smallest absolute Gasteiger partial charge is 0.151 e. The molecule has 1 aliphatic carbocycles. The lowest BCUT2D eigenvalue weighted by Gasteiger charge is -2.31. The minimum Gasteiger partial charge on any atom is -0.298 e. The zero-order valence-corrected chi connectivity index (χ0v) is 19.4. The summed E-state index contributed by atoms with van der Waals surface area (Å²) in [6.45, 7) is 4.18. The first-order valence-corrected chi connectivity index (χ1v) is 13.3.